The van der Waals surface area contributed by atoms with Crippen LogP contribution in [-0.4, -0.2) is 70.3 Å². The molecule has 0 radical (unpaired) electrons. The number of nitrogens with zero attached hydrogens (tertiary/aromatic N) is 7. The van der Waals surface area contributed by atoms with E-state index < -0.39 is 30.3 Å². The summed E-state index contributed by atoms with van der Waals surface area (Å²) < 4.78 is 22.3. The molecule has 0 spiro atoms. The molecule has 0 saturated carbocycles. The van der Waals surface area contributed by atoms with Gasteiger partial charge in [-0.15, -0.1) is 5.10 Å². The van der Waals surface area contributed by atoms with Gasteiger partial charge in [0.2, 0.25) is 0 Å². The summed E-state index contributed by atoms with van der Waals surface area (Å²) in [6.45, 7) is 5.81. The smallest absolute Gasteiger partial charge is 0.167 e. The number of hydrogen-bond acceptors (Lipinski definition) is 10. The monoisotopic (exact) mass is 430 g/mol. The summed E-state index contributed by atoms with van der Waals surface area (Å²) in [6, 6.07) is 0.251. The topological polar surface area (TPSA) is 148 Å². The van der Waals surface area contributed by atoms with Gasteiger partial charge in [0.25, 0.3) is 0 Å². The van der Waals surface area contributed by atoms with Gasteiger partial charge in [0.1, 0.15) is 30.2 Å². The van der Waals surface area contributed by atoms with Crippen LogP contribution in [0.1, 0.15) is 45.2 Å². The molecule has 0 amide bonds. The van der Waals surface area contributed by atoms with Gasteiger partial charge in [-0.05, 0) is 27.2 Å². The molecule has 3 aromatic rings. The number of aliphatic hydroxyl groups is 1. The van der Waals surface area contributed by atoms with Crippen LogP contribution in [0, 0.1) is 0 Å². The highest BCUT2D eigenvalue weighted by molar-refractivity contribution is 5.81. The third kappa shape index (κ3) is 3.45. The van der Waals surface area contributed by atoms with E-state index in [0.717, 1.165) is 5.69 Å². The predicted molar refractivity (Wildman–Crippen MR) is 108 cm³/mol. The second kappa shape index (κ2) is 7.48. The van der Waals surface area contributed by atoms with Gasteiger partial charge < -0.3 is 25.1 Å². The van der Waals surface area contributed by atoms with Crippen LogP contribution in [0.2, 0.25) is 0 Å². The molecule has 2 aliphatic rings. The van der Waals surface area contributed by atoms with E-state index >= 15 is 0 Å². The molecule has 2 aliphatic heterocycles. The van der Waals surface area contributed by atoms with Crippen molar-refractivity contribution in [3.8, 4) is 0 Å². The maximum atomic E-state index is 9.87. The van der Waals surface area contributed by atoms with Crippen molar-refractivity contribution in [1.82, 2.24) is 34.5 Å². The molecule has 31 heavy (non-hydrogen) atoms. The van der Waals surface area contributed by atoms with Crippen molar-refractivity contribution in [3.05, 3.63) is 24.5 Å². The fourth-order valence-corrected chi connectivity index (χ4v) is 4.16. The zero-order valence-corrected chi connectivity index (χ0v) is 17.6. The summed E-state index contributed by atoms with van der Waals surface area (Å²) in [4.78, 5) is 12.6. The molecule has 12 heteroatoms. The summed E-state index contributed by atoms with van der Waals surface area (Å²) in [5.74, 6) is -0.559. The van der Waals surface area contributed by atoms with Crippen molar-refractivity contribution in [3.63, 3.8) is 0 Å². The average Bonchev–Trinajstić information content (AvgIpc) is 3.49. The van der Waals surface area contributed by atoms with E-state index in [0.29, 0.717) is 29.8 Å². The lowest BCUT2D eigenvalue weighted by Crippen LogP contribution is -2.33. The Labute approximate surface area is 178 Å². The van der Waals surface area contributed by atoms with Crippen molar-refractivity contribution in [2.45, 2.75) is 70.0 Å². The van der Waals surface area contributed by atoms with Gasteiger partial charge in [-0.25, -0.2) is 19.6 Å². The van der Waals surface area contributed by atoms with Gasteiger partial charge in [0.05, 0.1) is 18.6 Å². The number of anilines is 1. The minimum atomic E-state index is -0.850. The first-order valence-corrected chi connectivity index (χ1v) is 10.3. The first-order chi connectivity index (χ1) is 14.9. The van der Waals surface area contributed by atoms with Gasteiger partial charge in [0, 0.05) is 18.7 Å². The van der Waals surface area contributed by atoms with Crippen LogP contribution in [0.25, 0.3) is 11.2 Å². The molecular formula is C19H26N8O4. The summed E-state index contributed by atoms with van der Waals surface area (Å²) in [5.41, 5.74) is 7.81. The van der Waals surface area contributed by atoms with Crippen molar-refractivity contribution >= 4 is 17.0 Å². The van der Waals surface area contributed by atoms with Crippen LogP contribution in [0.4, 0.5) is 5.82 Å². The van der Waals surface area contributed by atoms with Crippen molar-refractivity contribution < 1.29 is 19.3 Å². The Bertz CT molecular complexity index is 1080. The van der Waals surface area contributed by atoms with Crippen LogP contribution in [0.3, 0.4) is 0 Å². The molecule has 5 atom stereocenters. The normalized spacial score (nSPS) is 30.5. The molecule has 0 aliphatic carbocycles. The van der Waals surface area contributed by atoms with E-state index in [1.165, 1.54) is 6.33 Å². The molecule has 3 aromatic heterocycles. The molecule has 166 valence electrons. The number of rotatable bonds is 6. The zero-order valence-electron chi connectivity index (χ0n) is 17.6. The van der Waals surface area contributed by atoms with E-state index in [1.807, 2.05) is 17.8 Å². The van der Waals surface area contributed by atoms with E-state index in [1.54, 1.807) is 10.9 Å². The quantitative estimate of drug-likeness (QED) is 0.569. The van der Waals surface area contributed by atoms with Gasteiger partial charge in [-0.1, -0.05) is 5.21 Å². The number of aryl methyl sites for hydroxylation is 1. The fraction of sp³-hybridized carbons (Fsp3) is 0.632. The number of aromatic nitrogens is 7. The predicted octanol–water partition coefficient (Wildman–Crippen LogP) is 0.604. The molecule has 5 heterocycles. The summed E-state index contributed by atoms with van der Waals surface area (Å²) >= 11 is 0. The van der Waals surface area contributed by atoms with Crippen LogP contribution >= 0.6 is 0 Å². The number of hydrogen-bond donors (Lipinski definition) is 2. The van der Waals surface area contributed by atoms with E-state index in [9.17, 15) is 5.11 Å². The van der Waals surface area contributed by atoms with E-state index in [-0.39, 0.29) is 12.6 Å². The second-order valence-electron chi connectivity index (χ2n) is 8.41. The zero-order chi connectivity index (χ0) is 21.8. The minimum absolute atomic E-state index is 0.191. The largest absolute Gasteiger partial charge is 0.394 e. The van der Waals surface area contributed by atoms with Gasteiger partial charge in [-0.2, -0.15) is 0 Å². The lowest BCUT2D eigenvalue weighted by atomic mass is 10.1. The second-order valence-corrected chi connectivity index (χ2v) is 8.41. The van der Waals surface area contributed by atoms with Crippen molar-refractivity contribution in [2.75, 3.05) is 12.3 Å². The number of aliphatic hydroxyl groups excluding tert-OH is 1. The Morgan fingerprint density at radius 3 is 2.77 bits per heavy atom. The summed E-state index contributed by atoms with van der Waals surface area (Å²) in [6.07, 6.45) is 4.18. The molecule has 3 N–H and O–H groups in total. The number of nitrogen functional groups attached to an aromatic ring is 1. The molecule has 5 unspecified atom stereocenters. The first-order valence-electron chi connectivity index (χ1n) is 10.3. The highest BCUT2D eigenvalue weighted by Gasteiger charge is 2.57. The SMILES string of the molecule is CC(C)n1cc(CCC2(C)OC3C(CO)OC(n4cnc5c(N)ncnc54)C3O2)nn1. The number of fused-ring (bicyclic) bond motifs is 2. The lowest BCUT2D eigenvalue weighted by Gasteiger charge is -2.27. The Hall–Kier alpha value is -2.67. The fourth-order valence-electron chi connectivity index (χ4n) is 4.16. The number of nitrogens with two attached hydrogens (primary N) is 1. The Morgan fingerprint density at radius 1 is 1.23 bits per heavy atom. The molecule has 5 rings (SSSR count). The number of ether oxygens (including phenoxy) is 3. The lowest BCUT2D eigenvalue weighted by molar-refractivity contribution is -0.212. The third-order valence-corrected chi connectivity index (χ3v) is 5.82. The van der Waals surface area contributed by atoms with Gasteiger partial charge >= 0.3 is 0 Å². The van der Waals surface area contributed by atoms with Gasteiger partial charge in [0.15, 0.2) is 23.5 Å². The standard InChI is InChI=1S/C19H26N8O4/c1-10(2)27-6-11(24-25-27)4-5-19(3)30-14-12(7-28)29-18(15(14)31-19)26-9-23-13-16(20)21-8-22-17(13)26/h6,8-10,12,14-15,18,28H,4-5,7H2,1-3H3,(H2,20,21,22). The maximum Gasteiger partial charge on any atom is 0.167 e. The third-order valence-electron chi connectivity index (χ3n) is 5.82. The maximum absolute atomic E-state index is 9.87. The van der Waals surface area contributed by atoms with Crippen LogP contribution < -0.4 is 5.73 Å². The molecule has 0 bridgehead atoms. The molecule has 0 aromatic carbocycles. The molecule has 12 nitrogen and oxygen atoms in total. The Balaban J connectivity index is 1.36. The first kappa shape index (κ1) is 20.2. The van der Waals surface area contributed by atoms with Gasteiger partial charge in [-0.3, -0.25) is 4.57 Å². The Morgan fingerprint density at radius 2 is 2.03 bits per heavy atom. The van der Waals surface area contributed by atoms with Crippen LogP contribution in [0.5, 0.6) is 0 Å². The average molecular weight is 430 g/mol. The number of imidazole rings is 1. The molecule has 2 fully saturated rings. The van der Waals surface area contributed by atoms with Crippen molar-refractivity contribution in [2.24, 2.45) is 0 Å². The van der Waals surface area contributed by atoms with Crippen molar-refractivity contribution in [1.29, 1.82) is 0 Å². The van der Waals surface area contributed by atoms with Crippen LogP contribution in [-0.2, 0) is 20.6 Å². The van der Waals surface area contributed by atoms with E-state index in [4.69, 9.17) is 19.9 Å². The summed E-state index contributed by atoms with van der Waals surface area (Å²) in [5, 5.41) is 18.2. The molecular weight excluding hydrogens is 404 g/mol. The Kier molecular flexibility index (Phi) is 4.88. The minimum Gasteiger partial charge on any atom is -0.394 e. The van der Waals surface area contributed by atoms with Crippen LogP contribution in [0.15, 0.2) is 18.9 Å². The highest BCUT2D eigenvalue weighted by atomic mass is 16.8. The van der Waals surface area contributed by atoms with E-state index in [2.05, 4.69) is 39.1 Å². The summed E-state index contributed by atoms with van der Waals surface area (Å²) in [7, 11) is 0. The molecule has 2 saturated heterocycles. The highest BCUT2D eigenvalue weighted by Crippen LogP contribution is 2.45.